The van der Waals surface area contributed by atoms with Crippen molar-refractivity contribution in [3.05, 3.63) is 28.8 Å². The molecule has 0 amide bonds. The van der Waals surface area contributed by atoms with Gasteiger partial charge in [-0.25, -0.2) is 14.4 Å². The molecule has 0 aromatic heterocycles. The van der Waals surface area contributed by atoms with Crippen molar-refractivity contribution in [2.24, 2.45) is 4.40 Å². The number of benzene rings is 1. The molecule has 0 atom stereocenters. The molecule has 0 fully saturated rings. The third-order valence-electron chi connectivity index (χ3n) is 2.85. The van der Waals surface area contributed by atoms with Crippen molar-refractivity contribution in [3.63, 3.8) is 0 Å². The smallest absolute Gasteiger partial charge is 0.417 e. The molecular formula is C14H12F3NO7S. The Kier molecular flexibility index (Phi) is 6.65. The second-order valence-electron chi connectivity index (χ2n) is 4.46. The number of ether oxygens (including phenoxy) is 2. The number of sulfonamides is 1. The van der Waals surface area contributed by atoms with E-state index in [2.05, 4.69) is 13.9 Å². The number of rotatable bonds is 6. The van der Waals surface area contributed by atoms with Gasteiger partial charge in [0.25, 0.3) is 16.1 Å². The van der Waals surface area contributed by atoms with Gasteiger partial charge in [0.2, 0.25) is 0 Å². The van der Waals surface area contributed by atoms with Crippen molar-refractivity contribution >= 4 is 28.0 Å². The van der Waals surface area contributed by atoms with E-state index in [1.807, 2.05) is 0 Å². The lowest BCUT2D eigenvalue weighted by atomic mass is 10.0. The van der Waals surface area contributed by atoms with Gasteiger partial charge in [-0.05, 0) is 26.0 Å². The second-order valence-corrected chi connectivity index (χ2v) is 6.00. The maximum atomic E-state index is 13.3. The number of hydrogen-bond donors (Lipinski definition) is 0. The minimum Gasteiger partial charge on any atom is -0.462 e. The lowest BCUT2D eigenvalue weighted by molar-refractivity contribution is -0.139. The van der Waals surface area contributed by atoms with Crippen LogP contribution in [0.3, 0.4) is 0 Å². The third-order valence-corrected chi connectivity index (χ3v) is 4.11. The Labute approximate surface area is 145 Å². The molecule has 0 aliphatic carbocycles. The topological polar surface area (TPSA) is 116 Å². The van der Waals surface area contributed by atoms with Crippen LogP contribution in [0, 0.1) is 0 Å². The number of esters is 2. The normalized spacial score (nSPS) is 11.4. The molecule has 0 radical (unpaired) electrons. The molecule has 0 spiro atoms. The fraction of sp³-hybridized carbons (Fsp3) is 0.357. The molecule has 0 bridgehead atoms. The monoisotopic (exact) mass is 395 g/mol. The lowest BCUT2D eigenvalue weighted by Crippen LogP contribution is -2.22. The first-order chi connectivity index (χ1) is 12.0. The van der Waals surface area contributed by atoms with Crippen LogP contribution in [0.5, 0.6) is 0 Å². The fourth-order valence-electron chi connectivity index (χ4n) is 1.95. The zero-order chi connectivity index (χ0) is 20.1. The van der Waals surface area contributed by atoms with Gasteiger partial charge in [-0.2, -0.15) is 21.6 Å². The number of halogens is 3. The first-order valence-electron chi connectivity index (χ1n) is 6.93. The fourth-order valence-corrected chi connectivity index (χ4v) is 3.06. The molecule has 0 aliphatic heterocycles. The molecule has 0 N–H and O–H groups in total. The van der Waals surface area contributed by atoms with E-state index >= 15 is 0 Å². The minimum atomic E-state index is -5.32. The van der Waals surface area contributed by atoms with Crippen molar-refractivity contribution in [3.8, 4) is 0 Å². The predicted octanol–water partition coefficient (Wildman–Crippen LogP) is 2.08. The Balaban J connectivity index is 4.05. The standard InChI is InChI=1S/C14H12F3NO7S/c1-3-24-12(20)8-5-6-9(14(15,16)17)11(26(22,23)18-7-19)10(8)13(21)25-4-2/h5-6H,3-4H2,1-2H3. The molecule has 0 aliphatic rings. The Bertz CT molecular complexity index is 871. The molecule has 0 heterocycles. The zero-order valence-electron chi connectivity index (χ0n) is 13.4. The molecular weight excluding hydrogens is 383 g/mol. The number of hydrogen-bond acceptors (Lipinski definition) is 7. The van der Waals surface area contributed by atoms with Crippen molar-refractivity contribution in [1.82, 2.24) is 0 Å². The van der Waals surface area contributed by atoms with Gasteiger partial charge in [0.15, 0.2) is 0 Å². The van der Waals surface area contributed by atoms with E-state index in [4.69, 9.17) is 0 Å². The van der Waals surface area contributed by atoms with Crippen LogP contribution in [0.1, 0.15) is 40.1 Å². The van der Waals surface area contributed by atoms with E-state index in [1.54, 1.807) is 0 Å². The number of alkyl halides is 3. The van der Waals surface area contributed by atoms with Crippen LogP contribution in [-0.4, -0.2) is 39.7 Å². The highest BCUT2D eigenvalue weighted by Crippen LogP contribution is 2.38. The molecule has 0 saturated carbocycles. The first-order valence-corrected chi connectivity index (χ1v) is 8.37. The van der Waals surface area contributed by atoms with Gasteiger partial charge in [0.05, 0.1) is 29.9 Å². The van der Waals surface area contributed by atoms with Crippen LogP contribution in [0.2, 0.25) is 0 Å². The van der Waals surface area contributed by atoms with Crippen LogP contribution in [0.4, 0.5) is 13.2 Å². The summed E-state index contributed by atoms with van der Waals surface area (Å²) in [5.41, 5.74) is -3.80. The summed E-state index contributed by atoms with van der Waals surface area (Å²) in [6, 6.07) is 0.846. The average Bonchev–Trinajstić information content (AvgIpc) is 2.53. The van der Waals surface area contributed by atoms with Gasteiger partial charge in [-0.1, -0.05) is 4.40 Å². The second kappa shape index (κ2) is 8.11. The number of carbonyl (C=O) groups excluding carboxylic acids is 3. The number of isocyanates is 1. The van der Waals surface area contributed by atoms with Gasteiger partial charge < -0.3 is 9.47 Å². The molecule has 0 unspecified atom stereocenters. The highest BCUT2D eigenvalue weighted by atomic mass is 32.2. The summed E-state index contributed by atoms with van der Waals surface area (Å²) < 4.78 is 75.5. The number of nitrogens with zero attached hydrogens (tertiary/aromatic N) is 1. The van der Waals surface area contributed by atoms with E-state index in [0.717, 1.165) is 0 Å². The Morgan fingerprint density at radius 3 is 2.12 bits per heavy atom. The Hall–Kier alpha value is -2.72. The summed E-state index contributed by atoms with van der Waals surface area (Å²) >= 11 is 0. The van der Waals surface area contributed by atoms with Crippen molar-refractivity contribution < 1.29 is 45.4 Å². The maximum absolute atomic E-state index is 13.3. The van der Waals surface area contributed by atoms with E-state index in [1.165, 1.54) is 13.8 Å². The zero-order valence-corrected chi connectivity index (χ0v) is 14.2. The molecule has 12 heteroatoms. The molecule has 1 aromatic rings. The molecule has 26 heavy (non-hydrogen) atoms. The van der Waals surface area contributed by atoms with E-state index in [0.29, 0.717) is 12.1 Å². The highest BCUT2D eigenvalue weighted by molar-refractivity contribution is 7.90. The SMILES string of the molecule is CCOC(=O)c1ccc(C(F)(F)F)c(S(=O)(=O)N=C=O)c1C(=O)OCC. The largest absolute Gasteiger partial charge is 0.462 e. The molecule has 1 rings (SSSR count). The van der Waals surface area contributed by atoms with Crippen molar-refractivity contribution in [2.75, 3.05) is 13.2 Å². The summed E-state index contributed by atoms with van der Waals surface area (Å²) in [5, 5.41) is 0. The molecule has 142 valence electrons. The predicted molar refractivity (Wildman–Crippen MR) is 78.7 cm³/mol. The van der Waals surface area contributed by atoms with Crippen LogP contribution in [0.25, 0.3) is 0 Å². The summed E-state index contributed by atoms with van der Waals surface area (Å²) in [4.78, 5) is 32.7. The van der Waals surface area contributed by atoms with E-state index in [-0.39, 0.29) is 19.3 Å². The summed E-state index contributed by atoms with van der Waals surface area (Å²) in [6.45, 7) is 2.18. The van der Waals surface area contributed by atoms with Gasteiger partial charge >= 0.3 is 18.1 Å². The maximum Gasteiger partial charge on any atom is 0.417 e. The summed E-state index contributed by atoms with van der Waals surface area (Å²) in [7, 11) is -5.32. The molecule has 8 nitrogen and oxygen atoms in total. The summed E-state index contributed by atoms with van der Waals surface area (Å²) in [6.07, 6.45) is -4.63. The molecule has 0 saturated heterocycles. The Morgan fingerprint density at radius 1 is 1.12 bits per heavy atom. The van der Waals surface area contributed by atoms with Crippen molar-refractivity contribution in [2.45, 2.75) is 24.9 Å². The van der Waals surface area contributed by atoms with Gasteiger partial charge in [-0.15, -0.1) is 0 Å². The van der Waals surface area contributed by atoms with E-state index in [9.17, 15) is 36.0 Å². The van der Waals surface area contributed by atoms with Crippen LogP contribution in [0.15, 0.2) is 21.4 Å². The molecule has 1 aromatic carbocycles. The highest BCUT2D eigenvalue weighted by Gasteiger charge is 2.42. The number of carbonyl (C=O) groups is 2. The first kappa shape index (κ1) is 21.3. The van der Waals surface area contributed by atoms with Gasteiger partial charge in [0, 0.05) is 0 Å². The van der Waals surface area contributed by atoms with Crippen LogP contribution >= 0.6 is 0 Å². The van der Waals surface area contributed by atoms with Crippen LogP contribution < -0.4 is 0 Å². The third kappa shape index (κ3) is 4.46. The quantitative estimate of drug-likeness (QED) is 0.411. The van der Waals surface area contributed by atoms with Gasteiger partial charge in [-0.3, -0.25) is 0 Å². The van der Waals surface area contributed by atoms with Crippen molar-refractivity contribution in [1.29, 1.82) is 0 Å². The van der Waals surface area contributed by atoms with E-state index < -0.39 is 49.7 Å². The van der Waals surface area contributed by atoms with Crippen LogP contribution in [-0.2, 0) is 30.5 Å². The Morgan fingerprint density at radius 2 is 1.65 bits per heavy atom. The summed E-state index contributed by atoms with van der Waals surface area (Å²) in [5.74, 6) is -2.78. The lowest BCUT2D eigenvalue weighted by Gasteiger charge is -2.17. The average molecular weight is 395 g/mol. The minimum absolute atomic E-state index is 0.198. The van der Waals surface area contributed by atoms with Gasteiger partial charge in [0.1, 0.15) is 4.90 Å².